The zero-order chi connectivity index (χ0) is 19.8. The summed E-state index contributed by atoms with van der Waals surface area (Å²) in [5.41, 5.74) is 7.35. The first-order valence-corrected chi connectivity index (χ1v) is 9.03. The molecular formula is C23H23N3O2. The predicted molar refractivity (Wildman–Crippen MR) is 114 cm³/mol. The van der Waals surface area contributed by atoms with Crippen molar-refractivity contribution < 1.29 is 9.53 Å². The number of nitrogens with one attached hydrogen (secondary N) is 2. The monoisotopic (exact) mass is 373 g/mol. The van der Waals surface area contributed by atoms with E-state index in [1.54, 1.807) is 7.11 Å². The number of para-hydroxylation sites is 2. The molecule has 0 aliphatic heterocycles. The summed E-state index contributed by atoms with van der Waals surface area (Å²) in [5, 5.41) is 7.24. The van der Waals surface area contributed by atoms with Crippen molar-refractivity contribution in [3.63, 3.8) is 0 Å². The first kappa shape index (κ1) is 19.2. The third-order valence-electron chi connectivity index (χ3n) is 4.30. The lowest BCUT2D eigenvalue weighted by atomic mass is 10.0. The van der Waals surface area contributed by atoms with Crippen molar-refractivity contribution in [3.8, 4) is 16.9 Å². The van der Waals surface area contributed by atoms with E-state index in [0.29, 0.717) is 5.75 Å². The normalized spacial score (nSPS) is 11.0. The summed E-state index contributed by atoms with van der Waals surface area (Å²) in [5.74, 6) is 0.458. The number of rotatable bonds is 7. The first-order valence-electron chi connectivity index (χ1n) is 9.03. The van der Waals surface area contributed by atoms with E-state index >= 15 is 0 Å². The number of amides is 1. The molecule has 3 aromatic carbocycles. The number of methoxy groups -OCH3 is 1. The second kappa shape index (κ2) is 9.37. The van der Waals surface area contributed by atoms with Crippen LogP contribution in [0.25, 0.3) is 11.1 Å². The van der Waals surface area contributed by atoms with Crippen LogP contribution in [0.1, 0.15) is 12.5 Å². The fourth-order valence-corrected chi connectivity index (χ4v) is 2.75. The minimum absolute atomic E-state index is 0.101. The van der Waals surface area contributed by atoms with Gasteiger partial charge >= 0.3 is 0 Å². The van der Waals surface area contributed by atoms with Crippen molar-refractivity contribution >= 4 is 17.3 Å². The van der Waals surface area contributed by atoms with Gasteiger partial charge in [-0.15, -0.1) is 0 Å². The Morgan fingerprint density at radius 1 is 0.893 bits per heavy atom. The number of hydrazone groups is 1. The SMILES string of the molecule is COc1ccccc1NCC(=O)NN=C(C)c1ccc(-c2ccccc2)cc1. The van der Waals surface area contributed by atoms with Crippen LogP contribution in [0.3, 0.4) is 0 Å². The summed E-state index contributed by atoms with van der Waals surface area (Å²) in [7, 11) is 1.59. The molecule has 0 saturated heterocycles. The number of anilines is 1. The molecule has 3 rings (SSSR count). The molecule has 0 atom stereocenters. The second-order valence-corrected chi connectivity index (χ2v) is 6.23. The number of benzene rings is 3. The Bertz CT molecular complexity index is 951. The minimum Gasteiger partial charge on any atom is -0.495 e. The molecular weight excluding hydrogens is 350 g/mol. The van der Waals surface area contributed by atoms with E-state index in [1.165, 1.54) is 5.56 Å². The van der Waals surface area contributed by atoms with Gasteiger partial charge in [0.2, 0.25) is 0 Å². The topological polar surface area (TPSA) is 62.7 Å². The van der Waals surface area contributed by atoms with E-state index in [9.17, 15) is 4.79 Å². The molecule has 0 fully saturated rings. The third-order valence-corrected chi connectivity index (χ3v) is 4.30. The van der Waals surface area contributed by atoms with Gasteiger partial charge in [0.25, 0.3) is 5.91 Å². The summed E-state index contributed by atoms with van der Waals surface area (Å²) in [6.07, 6.45) is 0. The van der Waals surface area contributed by atoms with Gasteiger partial charge in [-0.3, -0.25) is 4.79 Å². The molecule has 0 radical (unpaired) electrons. The fraction of sp³-hybridized carbons (Fsp3) is 0.130. The standard InChI is InChI=1S/C23H23N3O2/c1-17(18-12-14-20(15-13-18)19-8-4-3-5-9-19)25-26-23(27)16-24-21-10-6-7-11-22(21)28-2/h3-15,24H,16H2,1-2H3,(H,26,27). The Kier molecular flexibility index (Phi) is 6.41. The zero-order valence-electron chi connectivity index (χ0n) is 16.0. The zero-order valence-corrected chi connectivity index (χ0v) is 16.0. The van der Waals surface area contributed by atoms with Crippen LogP contribution in [-0.4, -0.2) is 25.3 Å². The van der Waals surface area contributed by atoms with Crippen LogP contribution in [0.2, 0.25) is 0 Å². The van der Waals surface area contributed by atoms with E-state index in [0.717, 1.165) is 22.5 Å². The molecule has 0 spiro atoms. The van der Waals surface area contributed by atoms with Gasteiger partial charge in [-0.25, -0.2) is 5.43 Å². The number of carbonyl (C=O) groups is 1. The van der Waals surface area contributed by atoms with Crippen LogP contribution >= 0.6 is 0 Å². The van der Waals surface area contributed by atoms with Gasteiger partial charge in [-0.2, -0.15) is 5.10 Å². The molecule has 0 aliphatic rings. The van der Waals surface area contributed by atoms with Gasteiger partial charge in [-0.05, 0) is 35.7 Å². The van der Waals surface area contributed by atoms with Gasteiger partial charge in [-0.1, -0.05) is 66.7 Å². The van der Waals surface area contributed by atoms with Gasteiger partial charge in [0.1, 0.15) is 5.75 Å². The summed E-state index contributed by atoms with van der Waals surface area (Å²) >= 11 is 0. The summed E-state index contributed by atoms with van der Waals surface area (Å²) in [6, 6.07) is 25.7. The molecule has 28 heavy (non-hydrogen) atoms. The van der Waals surface area contributed by atoms with E-state index in [1.807, 2.05) is 61.5 Å². The third kappa shape index (κ3) is 4.98. The summed E-state index contributed by atoms with van der Waals surface area (Å²) < 4.78 is 5.25. The van der Waals surface area contributed by atoms with E-state index in [4.69, 9.17) is 4.74 Å². The van der Waals surface area contributed by atoms with Crippen molar-refractivity contribution in [2.45, 2.75) is 6.92 Å². The second-order valence-electron chi connectivity index (χ2n) is 6.23. The van der Waals surface area contributed by atoms with Crippen molar-refractivity contribution in [1.82, 2.24) is 5.43 Å². The van der Waals surface area contributed by atoms with Gasteiger partial charge in [0.15, 0.2) is 0 Å². The van der Waals surface area contributed by atoms with Crippen molar-refractivity contribution in [2.75, 3.05) is 19.0 Å². The molecule has 2 N–H and O–H groups in total. The molecule has 0 heterocycles. The molecule has 0 unspecified atom stereocenters. The number of nitrogens with zero attached hydrogens (tertiary/aromatic N) is 1. The maximum absolute atomic E-state index is 12.1. The molecule has 0 bridgehead atoms. The van der Waals surface area contributed by atoms with Crippen LogP contribution in [0.5, 0.6) is 5.75 Å². The average molecular weight is 373 g/mol. The van der Waals surface area contributed by atoms with Crippen LogP contribution in [0.15, 0.2) is 84.0 Å². The Morgan fingerprint density at radius 2 is 1.54 bits per heavy atom. The molecule has 3 aromatic rings. The van der Waals surface area contributed by atoms with E-state index in [-0.39, 0.29) is 12.5 Å². The van der Waals surface area contributed by atoms with Crippen LogP contribution in [0.4, 0.5) is 5.69 Å². The predicted octanol–water partition coefficient (Wildman–Crippen LogP) is 4.31. The maximum Gasteiger partial charge on any atom is 0.259 e. The van der Waals surface area contributed by atoms with Crippen LogP contribution < -0.4 is 15.5 Å². The quantitative estimate of drug-likeness (QED) is 0.479. The summed E-state index contributed by atoms with van der Waals surface area (Å²) in [6.45, 7) is 1.97. The van der Waals surface area contributed by atoms with Crippen molar-refractivity contribution in [3.05, 3.63) is 84.4 Å². The highest BCUT2D eigenvalue weighted by Gasteiger charge is 2.05. The molecule has 0 aliphatic carbocycles. The van der Waals surface area contributed by atoms with Crippen molar-refractivity contribution in [1.29, 1.82) is 0 Å². The highest BCUT2D eigenvalue weighted by Crippen LogP contribution is 2.22. The van der Waals surface area contributed by atoms with Crippen LogP contribution in [-0.2, 0) is 4.79 Å². The molecule has 0 aromatic heterocycles. The molecule has 0 saturated carbocycles. The lowest BCUT2D eigenvalue weighted by Crippen LogP contribution is -2.26. The van der Waals surface area contributed by atoms with E-state index < -0.39 is 0 Å². The first-order chi connectivity index (χ1) is 13.7. The molecule has 5 nitrogen and oxygen atoms in total. The lowest BCUT2D eigenvalue weighted by molar-refractivity contribution is -0.119. The Morgan fingerprint density at radius 3 is 2.25 bits per heavy atom. The number of hydrogen-bond donors (Lipinski definition) is 2. The fourth-order valence-electron chi connectivity index (χ4n) is 2.75. The minimum atomic E-state index is -0.230. The van der Waals surface area contributed by atoms with E-state index in [2.05, 4.69) is 40.1 Å². The highest BCUT2D eigenvalue weighted by molar-refractivity contribution is 5.99. The maximum atomic E-state index is 12.1. The smallest absolute Gasteiger partial charge is 0.259 e. The number of ether oxygens (including phenoxy) is 1. The Hall–Kier alpha value is -3.60. The lowest BCUT2D eigenvalue weighted by Gasteiger charge is -2.10. The number of carbonyl (C=O) groups excluding carboxylic acids is 1. The largest absolute Gasteiger partial charge is 0.495 e. The summed E-state index contributed by atoms with van der Waals surface area (Å²) in [4.78, 5) is 12.1. The van der Waals surface area contributed by atoms with Gasteiger partial charge in [0.05, 0.1) is 25.1 Å². The Labute approximate surface area is 165 Å². The van der Waals surface area contributed by atoms with Crippen LogP contribution in [0, 0.1) is 0 Å². The van der Waals surface area contributed by atoms with Gasteiger partial charge < -0.3 is 10.1 Å². The molecule has 142 valence electrons. The molecule has 1 amide bonds. The highest BCUT2D eigenvalue weighted by atomic mass is 16.5. The average Bonchev–Trinajstić information content (AvgIpc) is 2.77. The van der Waals surface area contributed by atoms with Crippen molar-refractivity contribution in [2.24, 2.45) is 5.10 Å². The van der Waals surface area contributed by atoms with Gasteiger partial charge in [0, 0.05) is 0 Å². The number of hydrogen-bond acceptors (Lipinski definition) is 4. The molecule has 5 heteroatoms. The Balaban J connectivity index is 1.57.